The van der Waals surface area contributed by atoms with Crippen molar-refractivity contribution in [2.45, 2.75) is 12.5 Å². The maximum atomic E-state index is 13.6. The van der Waals surface area contributed by atoms with E-state index in [0.717, 1.165) is 28.9 Å². The van der Waals surface area contributed by atoms with Crippen LogP contribution in [0.1, 0.15) is 33.2 Å². The third kappa shape index (κ3) is 3.32. The minimum atomic E-state index is -0.208. The van der Waals surface area contributed by atoms with E-state index in [1.54, 1.807) is 20.3 Å². The van der Waals surface area contributed by atoms with Gasteiger partial charge in [0.2, 0.25) is 0 Å². The van der Waals surface area contributed by atoms with Crippen LogP contribution < -0.4 is 9.47 Å². The molecule has 0 fully saturated rings. The molecule has 0 aliphatic carbocycles. The smallest absolute Gasteiger partial charge is 0.254 e. The number of carbonyl (C=O) groups excluding carboxylic acids is 1. The Balaban J connectivity index is 1.63. The second-order valence-corrected chi connectivity index (χ2v) is 7.72. The molecule has 156 valence electrons. The highest BCUT2D eigenvalue weighted by Gasteiger charge is 2.35. The van der Waals surface area contributed by atoms with Crippen LogP contribution in [0.5, 0.6) is 11.5 Å². The van der Waals surface area contributed by atoms with Crippen LogP contribution in [-0.2, 0) is 6.42 Å². The van der Waals surface area contributed by atoms with Crippen molar-refractivity contribution in [2.24, 2.45) is 0 Å². The molecule has 4 aromatic rings. The summed E-state index contributed by atoms with van der Waals surface area (Å²) in [4.78, 5) is 19.2. The molecule has 0 spiro atoms. The zero-order valence-electron chi connectivity index (χ0n) is 17.6. The number of amides is 1. The second-order valence-electron chi connectivity index (χ2n) is 7.72. The van der Waals surface area contributed by atoms with Crippen LogP contribution >= 0.6 is 0 Å². The lowest BCUT2D eigenvalue weighted by atomic mass is 9.91. The van der Waals surface area contributed by atoms with Crippen molar-refractivity contribution in [3.8, 4) is 11.5 Å². The van der Waals surface area contributed by atoms with Crippen molar-refractivity contribution < 1.29 is 14.3 Å². The van der Waals surface area contributed by atoms with Gasteiger partial charge in [-0.25, -0.2) is 0 Å². The predicted molar refractivity (Wildman–Crippen MR) is 121 cm³/mol. The lowest BCUT2D eigenvalue weighted by molar-refractivity contribution is 0.0691. The van der Waals surface area contributed by atoms with E-state index in [2.05, 4.69) is 23.2 Å². The van der Waals surface area contributed by atoms with Gasteiger partial charge in [0, 0.05) is 28.7 Å². The first-order chi connectivity index (χ1) is 15.2. The van der Waals surface area contributed by atoms with Gasteiger partial charge in [-0.05, 0) is 53.9 Å². The number of H-pyrrole nitrogens is 1. The van der Waals surface area contributed by atoms with Gasteiger partial charge in [0.25, 0.3) is 5.91 Å². The van der Waals surface area contributed by atoms with Crippen molar-refractivity contribution in [2.75, 3.05) is 20.8 Å². The highest BCUT2D eigenvalue weighted by atomic mass is 16.5. The minimum absolute atomic E-state index is 0.0102. The number of aromatic amines is 1. The summed E-state index contributed by atoms with van der Waals surface area (Å²) in [5, 5.41) is 1.23. The molecule has 1 aliphatic rings. The molecule has 5 rings (SSSR count). The van der Waals surface area contributed by atoms with E-state index in [4.69, 9.17) is 9.47 Å². The Morgan fingerprint density at radius 1 is 0.935 bits per heavy atom. The molecular weight excluding hydrogens is 388 g/mol. The molecule has 1 amide bonds. The SMILES string of the molecule is COc1ccc([C@@H]2c3[nH]c4ccccc4c3CCN2C(=O)c2cccc(OC)c2)cc1. The molecule has 1 atom stereocenters. The number of methoxy groups -OCH3 is 2. The summed E-state index contributed by atoms with van der Waals surface area (Å²) < 4.78 is 10.7. The maximum absolute atomic E-state index is 13.6. The quantitative estimate of drug-likeness (QED) is 0.515. The number of fused-ring (bicyclic) bond motifs is 3. The number of ether oxygens (including phenoxy) is 2. The molecule has 0 radical (unpaired) electrons. The highest BCUT2D eigenvalue weighted by Crippen LogP contribution is 2.39. The Bertz CT molecular complexity index is 1240. The fourth-order valence-corrected chi connectivity index (χ4v) is 4.51. The van der Waals surface area contributed by atoms with E-state index in [9.17, 15) is 4.79 Å². The van der Waals surface area contributed by atoms with Crippen LogP contribution in [0.4, 0.5) is 0 Å². The average Bonchev–Trinajstić information content (AvgIpc) is 3.22. The van der Waals surface area contributed by atoms with Crippen LogP contribution in [-0.4, -0.2) is 36.6 Å². The topological polar surface area (TPSA) is 54.6 Å². The monoisotopic (exact) mass is 412 g/mol. The van der Waals surface area contributed by atoms with Gasteiger partial charge in [0.05, 0.1) is 20.3 Å². The average molecular weight is 412 g/mol. The van der Waals surface area contributed by atoms with Gasteiger partial charge < -0.3 is 19.4 Å². The fourth-order valence-electron chi connectivity index (χ4n) is 4.51. The first-order valence-electron chi connectivity index (χ1n) is 10.4. The normalized spacial score (nSPS) is 15.5. The molecule has 5 heteroatoms. The number of rotatable bonds is 4. The Labute approximate surface area is 181 Å². The van der Waals surface area contributed by atoms with Crippen LogP contribution in [0.25, 0.3) is 10.9 Å². The van der Waals surface area contributed by atoms with E-state index in [1.807, 2.05) is 53.4 Å². The number of aromatic nitrogens is 1. The largest absolute Gasteiger partial charge is 0.497 e. The van der Waals surface area contributed by atoms with E-state index >= 15 is 0 Å². The maximum Gasteiger partial charge on any atom is 0.254 e. The second kappa shape index (κ2) is 7.84. The Hall–Kier alpha value is -3.73. The van der Waals surface area contributed by atoms with Crippen LogP contribution in [0, 0.1) is 0 Å². The molecule has 1 aromatic heterocycles. The number of carbonyl (C=O) groups is 1. The molecule has 5 nitrogen and oxygen atoms in total. The minimum Gasteiger partial charge on any atom is -0.497 e. The first kappa shape index (κ1) is 19.2. The molecule has 0 bridgehead atoms. The summed E-state index contributed by atoms with van der Waals surface area (Å²) in [7, 11) is 3.27. The van der Waals surface area contributed by atoms with Crippen LogP contribution in [0.15, 0.2) is 72.8 Å². The number of hydrogen-bond acceptors (Lipinski definition) is 3. The van der Waals surface area contributed by atoms with E-state index in [-0.39, 0.29) is 11.9 Å². The molecular formula is C26H24N2O3. The molecule has 0 unspecified atom stereocenters. The van der Waals surface area contributed by atoms with E-state index < -0.39 is 0 Å². The summed E-state index contributed by atoms with van der Waals surface area (Å²) in [6.07, 6.45) is 0.807. The van der Waals surface area contributed by atoms with Gasteiger partial charge >= 0.3 is 0 Å². The van der Waals surface area contributed by atoms with Gasteiger partial charge in [-0.15, -0.1) is 0 Å². The third-order valence-electron chi connectivity index (χ3n) is 6.04. The van der Waals surface area contributed by atoms with Gasteiger partial charge in [-0.1, -0.05) is 36.4 Å². The summed E-state index contributed by atoms with van der Waals surface area (Å²) in [6.45, 7) is 0.640. The highest BCUT2D eigenvalue weighted by molar-refractivity contribution is 5.96. The van der Waals surface area contributed by atoms with Gasteiger partial charge in [-0.2, -0.15) is 0 Å². The molecule has 31 heavy (non-hydrogen) atoms. The van der Waals surface area contributed by atoms with Crippen molar-refractivity contribution >= 4 is 16.8 Å². The third-order valence-corrected chi connectivity index (χ3v) is 6.04. The van der Waals surface area contributed by atoms with Crippen molar-refractivity contribution in [1.82, 2.24) is 9.88 Å². The number of hydrogen-bond donors (Lipinski definition) is 1. The first-order valence-corrected chi connectivity index (χ1v) is 10.4. The lowest BCUT2D eigenvalue weighted by Crippen LogP contribution is -2.40. The summed E-state index contributed by atoms with van der Waals surface area (Å²) in [6, 6.07) is 23.4. The number of nitrogens with zero attached hydrogens (tertiary/aromatic N) is 1. The fraction of sp³-hybridized carbons (Fsp3) is 0.192. The lowest BCUT2D eigenvalue weighted by Gasteiger charge is -2.36. The zero-order valence-corrected chi connectivity index (χ0v) is 17.6. The molecule has 0 saturated heterocycles. The van der Waals surface area contributed by atoms with Crippen molar-refractivity contribution in [3.05, 3.63) is 95.2 Å². The molecule has 2 heterocycles. The van der Waals surface area contributed by atoms with Crippen LogP contribution in [0.2, 0.25) is 0 Å². The van der Waals surface area contributed by atoms with Crippen LogP contribution in [0.3, 0.4) is 0 Å². The molecule has 1 aliphatic heterocycles. The predicted octanol–water partition coefficient (Wildman–Crippen LogP) is 4.97. The number of para-hydroxylation sites is 1. The van der Waals surface area contributed by atoms with Gasteiger partial charge in [-0.3, -0.25) is 4.79 Å². The molecule has 0 saturated carbocycles. The zero-order chi connectivity index (χ0) is 21.4. The van der Waals surface area contributed by atoms with Gasteiger partial charge in [0.15, 0.2) is 0 Å². The molecule has 1 N–H and O–H groups in total. The van der Waals surface area contributed by atoms with Crippen molar-refractivity contribution in [1.29, 1.82) is 0 Å². The number of nitrogens with one attached hydrogen (secondary N) is 1. The summed E-state index contributed by atoms with van der Waals surface area (Å²) in [5.74, 6) is 1.46. The Morgan fingerprint density at radius 3 is 2.48 bits per heavy atom. The molecule has 3 aromatic carbocycles. The summed E-state index contributed by atoms with van der Waals surface area (Å²) >= 11 is 0. The van der Waals surface area contributed by atoms with E-state index in [1.165, 1.54) is 10.9 Å². The Morgan fingerprint density at radius 2 is 1.71 bits per heavy atom. The van der Waals surface area contributed by atoms with Crippen molar-refractivity contribution in [3.63, 3.8) is 0 Å². The van der Waals surface area contributed by atoms with Gasteiger partial charge in [0.1, 0.15) is 11.5 Å². The number of benzene rings is 3. The summed E-state index contributed by atoms with van der Waals surface area (Å²) in [5.41, 5.74) is 5.13. The van der Waals surface area contributed by atoms with E-state index in [0.29, 0.717) is 17.9 Å². The Kier molecular flexibility index (Phi) is 4.86. The standard InChI is InChI=1S/C26H24N2O3/c1-30-19-12-10-17(11-13-19)25-24-22(21-8-3-4-9-23(21)27-24)14-15-28(25)26(29)18-6-5-7-20(16-18)31-2/h3-13,16,25,27H,14-15H2,1-2H3/t25-/m1/s1.